The third-order valence-corrected chi connectivity index (χ3v) is 3.79. The third kappa shape index (κ3) is 3.07. The van der Waals surface area contributed by atoms with Crippen LogP contribution < -0.4 is 5.32 Å². The summed E-state index contributed by atoms with van der Waals surface area (Å²) in [6, 6.07) is 0. The predicted octanol–water partition coefficient (Wildman–Crippen LogP) is 1.38. The van der Waals surface area contributed by atoms with Gasteiger partial charge in [-0.05, 0) is 32.9 Å². The van der Waals surface area contributed by atoms with Gasteiger partial charge in [0.1, 0.15) is 0 Å². The Labute approximate surface area is 104 Å². The van der Waals surface area contributed by atoms with Crippen LogP contribution in [-0.2, 0) is 13.6 Å². The first-order chi connectivity index (χ1) is 8.13. The van der Waals surface area contributed by atoms with Gasteiger partial charge in [-0.15, -0.1) is 0 Å². The molecule has 1 aromatic heterocycles. The van der Waals surface area contributed by atoms with Crippen molar-refractivity contribution in [2.45, 2.75) is 38.3 Å². The molecule has 0 radical (unpaired) electrons. The summed E-state index contributed by atoms with van der Waals surface area (Å²) in [5, 5.41) is 7.89. The summed E-state index contributed by atoms with van der Waals surface area (Å²) in [7, 11) is 4.17. The van der Waals surface area contributed by atoms with Gasteiger partial charge in [0, 0.05) is 37.4 Å². The Morgan fingerprint density at radius 2 is 2.41 bits per heavy atom. The van der Waals surface area contributed by atoms with Crippen LogP contribution in [0.1, 0.15) is 31.7 Å². The average molecular weight is 236 g/mol. The minimum Gasteiger partial charge on any atom is -0.310 e. The zero-order valence-electron chi connectivity index (χ0n) is 11.2. The van der Waals surface area contributed by atoms with Crippen molar-refractivity contribution < 1.29 is 0 Å². The van der Waals surface area contributed by atoms with Gasteiger partial charge in [-0.25, -0.2) is 0 Å². The molecule has 96 valence electrons. The predicted molar refractivity (Wildman–Crippen MR) is 69.8 cm³/mol. The molecular formula is C13H24N4. The molecule has 0 bridgehead atoms. The van der Waals surface area contributed by atoms with Gasteiger partial charge in [-0.3, -0.25) is 4.68 Å². The molecule has 17 heavy (non-hydrogen) atoms. The number of nitrogens with one attached hydrogen (secondary N) is 1. The maximum Gasteiger partial charge on any atom is 0.0534 e. The molecule has 1 atom stereocenters. The van der Waals surface area contributed by atoms with Crippen molar-refractivity contribution in [2.24, 2.45) is 7.05 Å². The molecule has 4 nitrogen and oxygen atoms in total. The van der Waals surface area contributed by atoms with Crippen LogP contribution in [0.2, 0.25) is 0 Å². The molecule has 0 amide bonds. The summed E-state index contributed by atoms with van der Waals surface area (Å²) >= 11 is 0. The Balaban J connectivity index is 1.90. The van der Waals surface area contributed by atoms with Crippen LogP contribution in [-0.4, -0.2) is 40.4 Å². The van der Waals surface area contributed by atoms with E-state index in [9.17, 15) is 0 Å². The Kier molecular flexibility index (Phi) is 3.84. The molecule has 1 fully saturated rings. The van der Waals surface area contributed by atoms with Crippen molar-refractivity contribution in [3.63, 3.8) is 0 Å². The van der Waals surface area contributed by atoms with E-state index in [1.54, 1.807) is 0 Å². The van der Waals surface area contributed by atoms with E-state index in [-0.39, 0.29) is 0 Å². The Morgan fingerprint density at radius 1 is 1.59 bits per heavy atom. The fourth-order valence-corrected chi connectivity index (χ4v) is 2.86. The van der Waals surface area contributed by atoms with Crippen LogP contribution in [0.4, 0.5) is 0 Å². The molecule has 1 unspecified atom stereocenters. The zero-order chi connectivity index (χ0) is 12.3. The molecule has 0 spiro atoms. The van der Waals surface area contributed by atoms with E-state index >= 15 is 0 Å². The second-order valence-corrected chi connectivity index (χ2v) is 5.36. The van der Waals surface area contributed by atoms with Gasteiger partial charge >= 0.3 is 0 Å². The highest BCUT2D eigenvalue weighted by Crippen LogP contribution is 2.24. The van der Waals surface area contributed by atoms with Gasteiger partial charge in [0.15, 0.2) is 0 Å². The Bertz CT molecular complexity index is 352. The van der Waals surface area contributed by atoms with Crippen LogP contribution in [0.15, 0.2) is 12.4 Å². The highest BCUT2D eigenvalue weighted by Gasteiger charge is 2.32. The summed E-state index contributed by atoms with van der Waals surface area (Å²) in [5.74, 6) is 0. The lowest BCUT2D eigenvalue weighted by atomic mass is 9.93. The first-order valence-electron chi connectivity index (χ1n) is 6.55. The van der Waals surface area contributed by atoms with Crippen molar-refractivity contribution in [1.29, 1.82) is 0 Å². The molecule has 2 heterocycles. The standard InChI is InChI=1S/C13H24N4/c1-4-13(6-5-7-14-13)11-16(2)9-12-8-15-17(3)10-12/h8,10,14H,4-7,9,11H2,1-3H3. The lowest BCUT2D eigenvalue weighted by molar-refractivity contribution is 0.214. The second-order valence-electron chi connectivity index (χ2n) is 5.36. The van der Waals surface area contributed by atoms with Crippen molar-refractivity contribution in [1.82, 2.24) is 20.0 Å². The number of likely N-dealkylation sites (N-methyl/N-ethyl adjacent to an activating group) is 1. The van der Waals surface area contributed by atoms with E-state index in [1.807, 2.05) is 17.9 Å². The fourth-order valence-electron chi connectivity index (χ4n) is 2.86. The number of hydrogen-bond acceptors (Lipinski definition) is 3. The van der Waals surface area contributed by atoms with Gasteiger partial charge in [-0.2, -0.15) is 5.10 Å². The zero-order valence-corrected chi connectivity index (χ0v) is 11.2. The molecule has 1 N–H and O–H groups in total. The first kappa shape index (κ1) is 12.6. The SMILES string of the molecule is CCC1(CN(C)Cc2cnn(C)c2)CCCN1. The van der Waals surface area contributed by atoms with E-state index in [2.05, 4.69) is 35.5 Å². The van der Waals surface area contributed by atoms with E-state index in [0.717, 1.165) is 13.1 Å². The van der Waals surface area contributed by atoms with E-state index in [4.69, 9.17) is 0 Å². The Hall–Kier alpha value is -0.870. The summed E-state index contributed by atoms with van der Waals surface area (Å²) in [6.07, 6.45) is 7.88. The van der Waals surface area contributed by atoms with E-state index in [1.165, 1.54) is 31.4 Å². The number of nitrogens with zero attached hydrogens (tertiary/aromatic N) is 3. The molecule has 1 aromatic rings. The number of rotatable bonds is 5. The topological polar surface area (TPSA) is 33.1 Å². The first-order valence-corrected chi connectivity index (χ1v) is 6.55. The van der Waals surface area contributed by atoms with Crippen LogP contribution in [0, 0.1) is 0 Å². The van der Waals surface area contributed by atoms with Gasteiger partial charge in [0.05, 0.1) is 6.20 Å². The van der Waals surface area contributed by atoms with E-state index < -0.39 is 0 Å². The van der Waals surface area contributed by atoms with Crippen molar-refractivity contribution in [3.05, 3.63) is 18.0 Å². The fraction of sp³-hybridized carbons (Fsp3) is 0.769. The van der Waals surface area contributed by atoms with Crippen molar-refractivity contribution in [3.8, 4) is 0 Å². The minimum atomic E-state index is 0.344. The molecule has 2 rings (SSSR count). The lowest BCUT2D eigenvalue weighted by Gasteiger charge is -2.33. The molecule has 1 aliphatic heterocycles. The molecule has 0 saturated carbocycles. The maximum absolute atomic E-state index is 4.21. The molecular weight excluding hydrogens is 212 g/mol. The van der Waals surface area contributed by atoms with Gasteiger partial charge in [-0.1, -0.05) is 6.92 Å². The van der Waals surface area contributed by atoms with Crippen LogP contribution in [0.3, 0.4) is 0 Å². The summed E-state index contributed by atoms with van der Waals surface area (Å²) in [6.45, 7) is 5.57. The quantitative estimate of drug-likeness (QED) is 0.838. The summed E-state index contributed by atoms with van der Waals surface area (Å²) in [4.78, 5) is 2.40. The number of aryl methyl sites for hydroxylation is 1. The molecule has 1 aliphatic rings. The third-order valence-electron chi connectivity index (χ3n) is 3.79. The molecule has 0 aromatic carbocycles. The minimum absolute atomic E-state index is 0.344. The second kappa shape index (κ2) is 5.19. The monoisotopic (exact) mass is 236 g/mol. The molecule has 4 heteroatoms. The highest BCUT2D eigenvalue weighted by molar-refractivity contribution is 5.04. The molecule has 1 saturated heterocycles. The lowest BCUT2D eigenvalue weighted by Crippen LogP contribution is -2.48. The largest absolute Gasteiger partial charge is 0.310 e. The van der Waals surface area contributed by atoms with Crippen molar-refractivity contribution >= 4 is 0 Å². The van der Waals surface area contributed by atoms with Crippen LogP contribution >= 0.6 is 0 Å². The average Bonchev–Trinajstić information content (AvgIpc) is 2.89. The van der Waals surface area contributed by atoms with Crippen molar-refractivity contribution in [2.75, 3.05) is 20.1 Å². The maximum atomic E-state index is 4.21. The van der Waals surface area contributed by atoms with Gasteiger partial charge in [0.25, 0.3) is 0 Å². The normalized spacial score (nSPS) is 24.7. The van der Waals surface area contributed by atoms with Gasteiger partial charge < -0.3 is 10.2 Å². The van der Waals surface area contributed by atoms with Crippen LogP contribution in [0.5, 0.6) is 0 Å². The summed E-state index contributed by atoms with van der Waals surface area (Å²) < 4.78 is 1.87. The number of hydrogen-bond donors (Lipinski definition) is 1. The van der Waals surface area contributed by atoms with E-state index in [0.29, 0.717) is 5.54 Å². The van der Waals surface area contributed by atoms with Gasteiger partial charge in [0.2, 0.25) is 0 Å². The van der Waals surface area contributed by atoms with Crippen LogP contribution in [0.25, 0.3) is 0 Å². The number of aromatic nitrogens is 2. The summed E-state index contributed by atoms with van der Waals surface area (Å²) in [5.41, 5.74) is 1.64. The molecule has 0 aliphatic carbocycles. The smallest absolute Gasteiger partial charge is 0.0534 e. The highest BCUT2D eigenvalue weighted by atomic mass is 15.2. The Morgan fingerprint density at radius 3 is 2.94 bits per heavy atom.